The molecule has 0 heterocycles. The molecule has 0 saturated carbocycles. The van der Waals surface area contributed by atoms with Crippen LogP contribution >= 0.6 is 0 Å². The number of ether oxygens (including phenoxy) is 1. The van der Waals surface area contributed by atoms with Gasteiger partial charge in [0.05, 0.1) is 17.9 Å². The smallest absolute Gasteiger partial charge is 0.411 e. The minimum atomic E-state index is -0.666. The first-order valence-corrected chi connectivity index (χ1v) is 4.30. The van der Waals surface area contributed by atoms with Crippen LogP contribution in [0.4, 0.5) is 14.9 Å². The lowest BCUT2D eigenvalue weighted by Crippen LogP contribution is -2.14. The average molecular weight is 208 g/mol. The van der Waals surface area contributed by atoms with Crippen molar-refractivity contribution in [2.75, 3.05) is 11.9 Å². The molecule has 4 nitrogen and oxygen atoms in total. The third-order valence-electron chi connectivity index (χ3n) is 1.61. The Bertz CT molecular complexity index is 412. The summed E-state index contributed by atoms with van der Waals surface area (Å²) in [6.07, 6.45) is -0.666. The molecule has 0 aliphatic heterocycles. The standard InChI is InChI=1S/C10H9FN2O2/c1-2-15-10(14)13-9-4-3-8(11)5-7(9)6-12/h3-5H,2H2,1H3,(H,13,14). The Labute approximate surface area is 86.3 Å². The molecular weight excluding hydrogens is 199 g/mol. The van der Waals surface area contributed by atoms with E-state index in [1.165, 1.54) is 6.07 Å². The van der Waals surface area contributed by atoms with Crippen LogP contribution in [0.2, 0.25) is 0 Å². The highest BCUT2D eigenvalue weighted by Gasteiger charge is 2.07. The van der Waals surface area contributed by atoms with Crippen molar-refractivity contribution < 1.29 is 13.9 Å². The van der Waals surface area contributed by atoms with Crippen LogP contribution in [-0.2, 0) is 4.74 Å². The molecule has 1 N–H and O–H groups in total. The number of benzene rings is 1. The Morgan fingerprint density at radius 3 is 3.00 bits per heavy atom. The van der Waals surface area contributed by atoms with Crippen molar-refractivity contribution in [3.05, 3.63) is 29.6 Å². The lowest BCUT2D eigenvalue weighted by Gasteiger charge is -2.06. The summed E-state index contributed by atoms with van der Waals surface area (Å²) in [5.41, 5.74) is 0.292. The molecule has 0 aliphatic rings. The third kappa shape index (κ3) is 2.95. The molecule has 1 amide bonds. The van der Waals surface area contributed by atoms with E-state index in [0.29, 0.717) is 0 Å². The van der Waals surface area contributed by atoms with Crippen molar-refractivity contribution in [2.24, 2.45) is 0 Å². The van der Waals surface area contributed by atoms with Gasteiger partial charge in [0.15, 0.2) is 0 Å². The van der Waals surface area contributed by atoms with Gasteiger partial charge < -0.3 is 4.74 Å². The van der Waals surface area contributed by atoms with Gasteiger partial charge in [-0.25, -0.2) is 9.18 Å². The van der Waals surface area contributed by atoms with E-state index >= 15 is 0 Å². The van der Waals surface area contributed by atoms with Crippen LogP contribution in [0.1, 0.15) is 12.5 Å². The van der Waals surface area contributed by atoms with Gasteiger partial charge >= 0.3 is 6.09 Å². The second-order valence-corrected chi connectivity index (χ2v) is 2.65. The van der Waals surface area contributed by atoms with Gasteiger partial charge in [0.25, 0.3) is 0 Å². The molecule has 0 unspecified atom stereocenters. The Morgan fingerprint density at radius 2 is 2.40 bits per heavy atom. The fraction of sp³-hybridized carbons (Fsp3) is 0.200. The van der Waals surface area contributed by atoms with Crippen LogP contribution in [0.15, 0.2) is 18.2 Å². The number of amides is 1. The van der Waals surface area contributed by atoms with Crippen molar-refractivity contribution in [2.45, 2.75) is 6.92 Å². The summed E-state index contributed by atoms with van der Waals surface area (Å²) in [6, 6.07) is 5.28. The van der Waals surface area contributed by atoms with Crippen molar-refractivity contribution in [1.82, 2.24) is 0 Å². The molecule has 1 aromatic rings. The largest absolute Gasteiger partial charge is 0.450 e. The second-order valence-electron chi connectivity index (χ2n) is 2.65. The molecule has 0 bridgehead atoms. The minimum absolute atomic E-state index is 0.0584. The molecule has 5 heteroatoms. The number of nitrogens with one attached hydrogen (secondary N) is 1. The van der Waals surface area contributed by atoms with Crippen molar-refractivity contribution >= 4 is 11.8 Å². The molecule has 1 rings (SSSR count). The van der Waals surface area contributed by atoms with E-state index in [2.05, 4.69) is 10.1 Å². The molecule has 0 aromatic heterocycles. The normalized spacial score (nSPS) is 9.13. The first kappa shape index (κ1) is 11.0. The quantitative estimate of drug-likeness (QED) is 0.810. The summed E-state index contributed by atoms with van der Waals surface area (Å²) in [5.74, 6) is -0.527. The topological polar surface area (TPSA) is 62.1 Å². The van der Waals surface area contributed by atoms with E-state index in [1.54, 1.807) is 13.0 Å². The van der Waals surface area contributed by atoms with Gasteiger partial charge in [-0.15, -0.1) is 0 Å². The maximum Gasteiger partial charge on any atom is 0.411 e. The summed E-state index contributed by atoms with van der Waals surface area (Å²) < 4.78 is 17.3. The van der Waals surface area contributed by atoms with Crippen molar-refractivity contribution in [1.29, 1.82) is 5.26 Å². The van der Waals surface area contributed by atoms with Gasteiger partial charge in [-0.1, -0.05) is 0 Å². The number of anilines is 1. The van der Waals surface area contributed by atoms with E-state index in [9.17, 15) is 9.18 Å². The van der Waals surface area contributed by atoms with Crippen LogP contribution < -0.4 is 5.32 Å². The van der Waals surface area contributed by atoms with Gasteiger partial charge in [0.2, 0.25) is 0 Å². The van der Waals surface area contributed by atoms with Crippen LogP contribution in [0.25, 0.3) is 0 Å². The highest BCUT2D eigenvalue weighted by atomic mass is 19.1. The summed E-state index contributed by atoms with van der Waals surface area (Å²) in [5, 5.41) is 11.0. The minimum Gasteiger partial charge on any atom is -0.450 e. The summed E-state index contributed by atoms with van der Waals surface area (Å²) in [6.45, 7) is 1.89. The van der Waals surface area contributed by atoms with Gasteiger partial charge in [-0.2, -0.15) is 5.26 Å². The summed E-state index contributed by atoms with van der Waals surface area (Å²) in [7, 11) is 0. The third-order valence-corrected chi connectivity index (χ3v) is 1.61. The summed E-state index contributed by atoms with van der Waals surface area (Å²) in [4.78, 5) is 11.0. The molecule has 0 radical (unpaired) electrons. The van der Waals surface area contributed by atoms with Crippen LogP contribution in [-0.4, -0.2) is 12.7 Å². The Balaban J connectivity index is 2.86. The maximum absolute atomic E-state index is 12.7. The SMILES string of the molecule is CCOC(=O)Nc1ccc(F)cc1C#N. The Kier molecular flexibility index (Phi) is 3.63. The van der Waals surface area contributed by atoms with Crippen molar-refractivity contribution in [3.8, 4) is 6.07 Å². The fourth-order valence-electron chi connectivity index (χ4n) is 0.995. The Hall–Kier alpha value is -2.09. The monoisotopic (exact) mass is 208 g/mol. The zero-order chi connectivity index (χ0) is 11.3. The lowest BCUT2D eigenvalue weighted by atomic mass is 10.2. The van der Waals surface area contributed by atoms with E-state index in [-0.39, 0.29) is 17.9 Å². The number of nitrogens with zero attached hydrogens (tertiary/aromatic N) is 1. The van der Waals surface area contributed by atoms with E-state index in [1.807, 2.05) is 0 Å². The molecule has 0 spiro atoms. The predicted octanol–water partition coefficient (Wildman–Crippen LogP) is 2.27. The molecule has 0 fully saturated rings. The van der Waals surface area contributed by atoms with Gasteiger partial charge in [-0.3, -0.25) is 5.32 Å². The number of carbonyl (C=O) groups is 1. The molecule has 0 aliphatic carbocycles. The van der Waals surface area contributed by atoms with Crippen molar-refractivity contribution in [3.63, 3.8) is 0 Å². The fourth-order valence-corrected chi connectivity index (χ4v) is 0.995. The predicted molar refractivity (Wildman–Crippen MR) is 51.8 cm³/mol. The highest BCUT2D eigenvalue weighted by Crippen LogP contribution is 2.15. The molecular formula is C10H9FN2O2. The first-order chi connectivity index (χ1) is 7.17. The average Bonchev–Trinajstić information content (AvgIpc) is 2.21. The van der Waals surface area contributed by atoms with Gasteiger partial charge in [-0.05, 0) is 25.1 Å². The maximum atomic E-state index is 12.7. The Morgan fingerprint density at radius 1 is 1.67 bits per heavy atom. The zero-order valence-corrected chi connectivity index (χ0v) is 8.08. The van der Waals surface area contributed by atoms with Crippen LogP contribution in [0.3, 0.4) is 0 Å². The van der Waals surface area contributed by atoms with Crippen LogP contribution in [0, 0.1) is 17.1 Å². The number of carbonyl (C=O) groups excluding carboxylic acids is 1. The molecule has 15 heavy (non-hydrogen) atoms. The van der Waals surface area contributed by atoms with Gasteiger partial charge in [0, 0.05) is 0 Å². The zero-order valence-electron chi connectivity index (χ0n) is 8.08. The molecule has 1 aromatic carbocycles. The van der Waals surface area contributed by atoms with Crippen LogP contribution in [0.5, 0.6) is 0 Å². The number of rotatable bonds is 2. The molecule has 0 saturated heterocycles. The number of nitriles is 1. The highest BCUT2D eigenvalue weighted by molar-refractivity contribution is 5.86. The second kappa shape index (κ2) is 4.96. The number of halogens is 1. The van der Waals surface area contributed by atoms with E-state index in [4.69, 9.17) is 5.26 Å². The molecule has 0 atom stereocenters. The number of hydrogen-bond donors (Lipinski definition) is 1. The molecule has 78 valence electrons. The first-order valence-electron chi connectivity index (χ1n) is 4.30. The lowest BCUT2D eigenvalue weighted by molar-refractivity contribution is 0.168. The number of hydrogen-bond acceptors (Lipinski definition) is 3. The van der Waals surface area contributed by atoms with Gasteiger partial charge in [0.1, 0.15) is 11.9 Å². The van der Waals surface area contributed by atoms with E-state index in [0.717, 1.165) is 12.1 Å². The van der Waals surface area contributed by atoms with E-state index < -0.39 is 11.9 Å². The summed E-state index contributed by atoms with van der Waals surface area (Å²) >= 11 is 0.